The Balaban J connectivity index is 2.32. The zero-order valence-electron chi connectivity index (χ0n) is 6.45. The fraction of sp³-hybridized carbons (Fsp3) is 0.222. The van der Waals surface area contributed by atoms with E-state index in [1.54, 1.807) is 0 Å². The minimum absolute atomic E-state index is 0.129. The molecule has 0 fully saturated rings. The van der Waals surface area contributed by atoms with Gasteiger partial charge in [-0.1, -0.05) is 18.2 Å². The van der Waals surface area contributed by atoms with Crippen LogP contribution in [0.2, 0.25) is 0 Å². The Kier molecular flexibility index (Phi) is 2.04. The number of hydrogen-bond donors (Lipinski definition) is 0. The molecule has 0 atom stereocenters. The van der Waals surface area contributed by atoms with Gasteiger partial charge in [0.2, 0.25) is 0 Å². The molecule has 62 valence electrons. The molecular formula is C9H8O2S. The first kappa shape index (κ1) is 7.68. The Bertz CT molecular complexity index is 280. The quantitative estimate of drug-likeness (QED) is 0.572. The number of benzene rings is 1. The van der Waals surface area contributed by atoms with Gasteiger partial charge in [-0.2, -0.15) is 0 Å². The number of carbonyl (C=O) groups is 1. The minimum Gasteiger partial charge on any atom is -0.386 e. The molecule has 1 heterocycles. The van der Waals surface area contributed by atoms with Gasteiger partial charge in [0.15, 0.2) is 0 Å². The second-order valence-electron chi connectivity index (χ2n) is 2.65. The van der Waals surface area contributed by atoms with Gasteiger partial charge in [0, 0.05) is 0 Å². The monoisotopic (exact) mass is 180 g/mol. The molecule has 2 nitrogen and oxygen atoms in total. The minimum atomic E-state index is -0.129. The van der Waals surface area contributed by atoms with Crippen LogP contribution in [-0.4, -0.2) is 5.97 Å². The molecule has 1 aromatic carbocycles. The van der Waals surface area contributed by atoms with Crippen molar-refractivity contribution < 1.29 is 8.98 Å². The molecule has 0 spiro atoms. The SMILES string of the molecule is O=C1CCc2ccccc2SO1. The lowest BCUT2D eigenvalue weighted by molar-refractivity contribution is -0.132. The van der Waals surface area contributed by atoms with Crippen molar-refractivity contribution in [2.45, 2.75) is 17.7 Å². The van der Waals surface area contributed by atoms with Crippen LogP contribution in [0.25, 0.3) is 0 Å². The van der Waals surface area contributed by atoms with E-state index in [1.165, 1.54) is 17.6 Å². The van der Waals surface area contributed by atoms with Gasteiger partial charge in [0.1, 0.15) is 0 Å². The largest absolute Gasteiger partial charge is 0.386 e. The van der Waals surface area contributed by atoms with E-state index in [0.717, 1.165) is 11.3 Å². The summed E-state index contributed by atoms with van der Waals surface area (Å²) in [4.78, 5) is 12.0. The van der Waals surface area contributed by atoms with Gasteiger partial charge in [-0.25, -0.2) is 0 Å². The Labute approximate surface area is 75.1 Å². The standard InChI is InChI=1S/C9H8O2S/c10-9-6-5-7-3-1-2-4-8(7)12-11-9/h1-4H,5-6H2. The summed E-state index contributed by atoms with van der Waals surface area (Å²) in [5.74, 6) is -0.129. The molecule has 0 bridgehead atoms. The second-order valence-corrected chi connectivity index (χ2v) is 3.42. The molecule has 0 aromatic heterocycles. The highest BCUT2D eigenvalue weighted by atomic mass is 32.2. The molecule has 1 aliphatic heterocycles. The lowest BCUT2D eigenvalue weighted by Gasteiger charge is -1.99. The maximum Gasteiger partial charge on any atom is 0.318 e. The lowest BCUT2D eigenvalue weighted by Crippen LogP contribution is -1.96. The van der Waals surface area contributed by atoms with Gasteiger partial charge in [-0.15, -0.1) is 0 Å². The van der Waals surface area contributed by atoms with Crippen LogP contribution in [0.15, 0.2) is 29.2 Å². The van der Waals surface area contributed by atoms with Crippen LogP contribution in [0.4, 0.5) is 0 Å². The van der Waals surface area contributed by atoms with Crippen LogP contribution in [0.5, 0.6) is 0 Å². The van der Waals surface area contributed by atoms with Crippen LogP contribution in [0.1, 0.15) is 12.0 Å². The van der Waals surface area contributed by atoms with Crippen molar-refractivity contribution in [3.05, 3.63) is 29.8 Å². The smallest absolute Gasteiger partial charge is 0.318 e. The highest BCUT2D eigenvalue weighted by molar-refractivity contribution is 7.95. The zero-order chi connectivity index (χ0) is 8.39. The Hall–Kier alpha value is -0.960. The molecule has 0 N–H and O–H groups in total. The molecule has 0 radical (unpaired) electrons. The average molecular weight is 180 g/mol. The molecular weight excluding hydrogens is 172 g/mol. The van der Waals surface area contributed by atoms with E-state index in [-0.39, 0.29) is 5.97 Å². The van der Waals surface area contributed by atoms with Crippen LogP contribution in [0, 0.1) is 0 Å². The topological polar surface area (TPSA) is 26.3 Å². The Morgan fingerprint density at radius 2 is 2.08 bits per heavy atom. The van der Waals surface area contributed by atoms with Gasteiger partial charge < -0.3 is 4.18 Å². The van der Waals surface area contributed by atoms with Crippen molar-refractivity contribution in [1.29, 1.82) is 0 Å². The first-order valence-electron chi connectivity index (χ1n) is 3.81. The van der Waals surface area contributed by atoms with E-state index in [9.17, 15) is 4.79 Å². The summed E-state index contributed by atoms with van der Waals surface area (Å²) in [6.45, 7) is 0. The highest BCUT2D eigenvalue weighted by Crippen LogP contribution is 2.28. The fourth-order valence-corrected chi connectivity index (χ4v) is 1.84. The maximum atomic E-state index is 10.9. The van der Waals surface area contributed by atoms with Gasteiger partial charge >= 0.3 is 5.97 Å². The highest BCUT2D eigenvalue weighted by Gasteiger charge is 2.13. The lowest BCUT2D eigenvalue weighted by atomic mass is 10.1. The summed E-state index contributed by atoms with van der Waals surface area (Å²) in [6, 6.07) is 7.93. The van der Waals surface area contributed by atoms with Crippen LogP contribution in [-0.2, 0) is 15.4 Å². The fourth-order valence-electron chi connectivity index (χ4n) is 1.16. The van der Waals surface area contributed by atoms with E-state index in [4.69, 9.17) is 4.18 Å². The first-order valence-corrected chi connectivity index (χ1v) is 4.56. The molecule has 0 saturated heterocycles. The summed E-state index contributed by atoms with van der Waals surface area (Å²) in [5, 5.41) is 0. The Morgan fingerprint density at radius 3 is 3.00 bits per heavy atom. The number of fused-ring (bicyclic) bond motifs is 1. The molecule has 12 heavy (non-hydrogen) atoms. The number of hydrogen-bond acceptors (Lipinski definition) is 3. The van der Waals surface area contributed by atoms with E-state index in [1.807, 2.05) is 24.3 Å². The molecule has 3 heteroatoms. The predicted molar refractivity (Wildman–Crippen MR) is 46.7 cm³/mol. The molecule has 1 aliphatic rings. The van der Waals surface area contributed by atoms with Crippen molar-refractivity contribution in [3.8, 4) is 0 Å². The van der Waals surface area contributed by atoms with Crippen LogP contribution < -0.4 is 0 Å². The summed E-state index contributed by atoms with van der Waals surface area (Å²) >= 11 is 1.17. The van der Waals surface area contributed by atoms with Gasteiger partial charge in [-0.05, 0) is 18.1 Å². The van der Waals surface area contributed by atoms with Crippen molar-refractivity contribution in [3.63, 3.8) is 0 Å². The summed E-state index contributed by atoms with van der Waals surface area (Å²) in [7, 11) is 0. The average Bonchev–Trinajstić information content (AvgIpc) is 2.29. The predicted octanol–water partition coefficient (Wildman–Crippen LogP) is 2.18. The third kappa shape index (κ3) is 1.46. The molecule has 0 amide bonds. The molecule has 1 aromatic rings. The van der Waals surface area contributed by atoms with E-state index < -0.39 is 0 Å². The van der Waals surface area contributed by atoms with Crippen molar-refractivity contribution >= 4 is 18.0 Å². The second kappa shape index (κ2) is 3.19. The van der Waals surface area contributed by atoms with Crippen molar-refractivity contribution in [2.24, 2.45) is 0 Å². The van der Waals surface area contributed by atoms with Crippen molar-refractivity contribution in [2.75, 3.05) is 0 Å². The van der Waals surface area contributed by atoms with Crippen LogP contribution in [0.3, 0.4) is 0 Å². The first-order chi connectivity index (χ1) is 5.86. The third-order valence-corrected chi connectivity index (χ3v) is 2.64. The van der Waals surface area contributed by atoms with E-state index in [0.29, 0.717) is 6.42 Å². The third-order valence-electron chi connectivity index (χ3n) is 1.80. The molecule has 0 aliphatic carbocycles. The van der Waals surface area contributed by atoms with Crippen LogP contribution >= 0.6 is 12.0 Å². The normalized spacial score (nSPS) is 16.2. The zero-order valence-corrected chi connectivity index (χ0v) is 7.26. The number of rotatable bonds is 0. The van der Waals surface area contributed by atoms with Gasteiger partial charge in [-0.3, -0.25) is 4.79 Å². The van der Waals surface area contributed by atoms with Crippen molar-refractivity contribution in [1.82, 2.24) is 0 Å². The molecule has 2 rings (SSSR count). The summed E-state index contributed by atoms with van der Waals surface area (Å²) < 4.78 is 4.91. The summed E-state index contributed by atoms with van der Waals surface area (Å²) in [6.07, 6.45) is 1.28. The summed E-state index contributed by atoms with van der Waals surface area (Å²) in [5.41, 5.74) is 1.20. The number of aryl methyl sites for hydroxylation is 1. The van der Waals surface area contributed by atoms with E-state index in [2.05, 4.69) is 0 Å². The molecule has 0 saturated carbocycles. The van der Waals surface area contributed by atoms with Gasteiger partial charge in [0.05, 0.1) is 23.4 Å². The Morgan fingerprint density at radius 1 is 1.25 bits per heavy atom. The van der Waals surface area contributed by atoms with Gasteiger partial charge in [0.25, 0.3) is 0 Å². The number of carbonyl (C=O) groups excluding carboxylic acids is 1. The van der Waals surface area contributed by atoms with E-state index >= 15 is 0 Å². The molecule has 0 unspecified atom stereocenters. The maximum absolute atomic E-state index is 10.9.